The second-order valence-electron chi connectivity index (χ2n) is 6.50. The Morgan fingerprint density at radius 1 is 1.30 bits per heavy atom. The van der Waals surface area contributed by atoms with Crippen LogP contribution in [0, 0.1) is 0 Å². The highest BCUT2D eigenvalue weighted by molar-refractivity contribution is 7.88. The first-order valence-corrected chi connectivity index (χ1v) is 9.04. The fraction of sp³-hybridized carbons (Fsp3) is 0.467. The smallest absolute Gasteiger partial charge is 0.241 e. The zero-order valence-corrected chi connectivity index (χ0v) is 14.8. The van der Waals surface area contributed by atoms with Gasteiger partial charge >= 0.3 is 0 Å². The number of rotatable bonds is 4. The molecule has 0 saturated heterocycles. The Bertz CT molecular complexity index is 834. The minimum absolute atomic E-state index is 0.258. The van der Waals surface area contributed by atoms with Crippen LogP contribution in [-0.2, 0) is 20.4 Å². The van der Waals surface area contributed by atoms with Gasteiger partial charge < -0.3 is 4.57 Å². The van der Waals surface area contributed by atoms with Gasteiger partial charge in [-0.15, -0.1) is 0 Å². The van der Waals surface area contributed by atoms with Crippen LogP contribution in [0.15, 0.2) is 24.3 Å². The molecule has 1 amide bonds. The van der Waals surface area contributed by atoms with Gasteiger partial charge in [-0.25, -0.2) is 13.4 Å². The molecule has 0 aliphatic heterocycles. The van der Waals surface area contributed by atoms with E-state index in [-0.39, 0.29) is 12.1 Å². The number of nitrogens with one attached hydrogen (secondary N) is 1. The SMILES string of the molecule is CN(CC(=O)Nc1nc2ccccc2n1C(C)(C)C)S(C)(=O)=O. The van der Waals surface area contributed by atoms with Crippen molar-refractivity contribution in [2.24, 2.45) is 0 Å². The molecule has 0 atom stereocenters. The second kappa shape index (κ2) is 5.93. The number of hydrogen-bond donors (Lipinski definition) is 1. The summed E-state index contributed by atoms with van der Waals surface area (Å²) in [6.45, 7) is 5.78. The van der Waals surface area contributed by atoms with Crippen molar-refractivity contribution in [2.75, 3.05) is 25.2 Å². The highest BCUT2D eigenvalue weighted by Crippen LogP contribution is 2.27. The van der Waals surface area contributed by atoms with Crippen LogP contribution in [0.2, 0.25) is 0 Å². The highest BCUT2D eigenvalue weighted by atomic mass is 32.2. The van der Waals surface area contributed by atoms with Gasteiger partial charge in [-0.2, -0.15) is 4.31 Å². The average molecular weight is 338 g/mol. The number of hydrogen-bond acceptors (Lipinski definition) is 4. The fourth-order valence-electron chi connectivity index (χ4n) is 2.27. The summed E-state index contributed by atoms with van der Waals surface area (Å²) in [5.41, 5.74) is 1.39. The third kappa shape index (κ3) is 3.89. The summed E-state index contributed by atoms with van der Waals surface area (Å²) >= 11 is 0. The van der Waals surface area contributed by atoms with Crippen molar-refractivity contribution < 1.29 is 13.2 Å². The summed E-state index contributed by atoms with van der Waals surface area (Å²) in [5.74, 6) is -0.0238. The van der Waals surface area contributed by atoms with Gasteiger partial charge in [-0.3, -0.25) is 10.1 Å². The van der Waals surface area contributed by atoms with Gasteiger partial charge in [0.15, 0.2) is 0 Å². The van der Waals surface area contributed by atoms with E-state index in [1.807, 2.05) is 49.6 Å². The summed E-state index contributed by atoms with van der Waals surface area (Å²) in [6.07, 6.45) is 1.06. The number of amides is 1. The van der Waals surface area contributed by atoms with Crippen molar-refractivity contribution in [3.05, 3.63) is 24.3 Å². The van der Waals surface area contributed by atoms with E-state index in [1.165, 1.54) is 7.05 Å². The van der Waals surface area contributed by atoms with Crippen molar-refractivity contribution in [3.63, 3.8) is 0 Å². The summed E-state index contributed by atoms with van der Waals surface area (Å²) in [6, 6.07) is 7.60. The van der Waals surface area contributed by atoms with E-state index >= 15 is 0 Å². The highest BCUT2D eigenvalue weighted by Gasteiger charge is 2.23. The van der Waals surface area contributed by atoms with Gasteiger partial charge in [0.05, 0.1) is 23.8 Å². The number of carbonyl (C=O) groups excluding carboxylic acids is 1. The maximum atomic E-state index is 12.2. The van der Waals surface area contributed by atoms with Crippen molar-refractivity contribution in [1.29, 1.82) is 0 Å². The van der Waals surface area contributed by atoms with Crippen LogP contribution in [0.5, 0.6) is 0 Å². The molecule has 0 bridgehead atoms. The molecule has 2 rings (SSSR count). The van der Waals surface area contributed by atoms with Crippen molar-refractivity contribution >= 4 is 32.9 Å². The van der Waals surface area contributed by atoms with E-state index in [1.54, 1.807) is 0 Å². The number of benzene rings is 1. The number of aromatic nitrogens is 2. The molecule has 0 unspecified atom stereocenters. The third-order valence-electron chi connectivity index (χ3n) is 3.42. The Labute approximate surface area is 136 Å². The molecule has 0 aliphatic carbocycles. The first-order valence-electron chi connectivity index (χ1n) is 7.19. The summed E-state index contributed by atoms with van der Waals surface area (Å²) in [4.78, 5) is 16.6. The number of carbonyl (C=O) groups is 1. The lowest BCUT2D eigenvalue weighted by Crippen LogP contribution is -2.35. The van der Waals surface area contributed by atoms with Crippen LogP contribution in [0.1, 0.15) is 20.8 Å². The van der Waals surface area contributed by atoms with E-state index in [2.05, 4.69) is 10.3 Å². The topological polar surface area (TPSA) is 84.3 Å². The molecule has 1 heterocycles. The summed E-state index contributed by atoms with van der Waals surface area (Å²) < 4.78 is 25.7. The quantitative estimate of drug-likeness (QED) is 0.918. The van der Waals surface area contributed by atoms with Crippen molar-refractivity contribution in [2.45, 2.75) is 26.3 Å². The maximum absolute atomic E-state index is 12.2. The molecule has 0 radical (unpaired) electrons. The molecule has 0 aliphatic rings. The van der Waals surface area contributed by atoms with Crippen LogP contribution < -0.4 is 5.32 Å². The molecular weight excluding hydrogens is 316 g/mol. The first-order chi connectivity index (χ1) is 10.5. The van der Waals surface area contributed by atoms with E-state index in [9.17, 15) is 13.2 Å². The lowest BCUT2D eigenvalue weighted by molar-refractivity contribution is -0.116. The number of likely N-dealkylation sites (N-methyl/N-ethyl adjacent to an activating group) is 1. The molecule has 1 N–H and O–H groups in total. The number of imidazole rings is 1. The molecule has 2 aromatic rings. The van der Waals surface area contributed by atoms with E-state index < -0.39 is 15.9 Å². The number of para-hydroxylation sites is 2. The Morgan fingerprint density at radius 3 is 2.48 bits per heavy atom. The maximum Gasteiger partial charge on any atom is 0.241 e. The predicted octanol–water partition coefficient (Wildman–Crippen LogP) is 1.62. The molecule has 23 heavy (non-hydrogen) atoms. The van der Waals surface area contributed by atoms with Gasteiger partial charge in [-0.1, -0.05) is 12.1 Å². The van der Waals surface area contributed by atoms with Gasteiger partial charge in [0.2, 0.25) is 21.9 Å². The standard InChI is InChI=1S/C15H22N4O3S/c1-15(2,3)19-12-9-7-6-8-11(12)16-14(19)17-13(20)10-18(4)23(5,21)22/h6-9H,10H2,1-5H3,(H,16,17,20). The molecule has 8 heteroatoms. The van der Waals surface area contributed by atoms with Crippen LogP contribution >= 0.6 is 0 Å². The molecule has 0 spiro atoms. The molecular formula is C15H22N4O3S. The Hall–Kier alpha value is -1.93. The zero-order valence-electron chi connectivity index (χ0n) is 14.0. The molecule has 7 nitrogen and oxygen atoms in total. The van der Waals surface area contributed by atoms with Crippen LogP contribution in [0.25, 0.3) is 11.0 Å². The minimum Gasteiger partial charge on any atom is -0.305 e. The normalized spacial score (nSPS) is 12.8. The fourth-order valence-corrected chi connectivity index (χ4v) is 2.62. The average Bonchev–Trinajstić information content (AvgIpc) is 2.74. The van der Waals surface area contributed by atoms with Gasteiger partial charge in [0.25, 0.3) is 0 Å². The van der Waals surface area contributed by atoms with E-state index in [0.29, 0.717) is 5.95 Å². The van der Waals surface area contributed by atoms with Crippen LogP contribution in [0.4, 0.5) is 5.95 Å². The summed E-state index contributed by atoms with van der Waals surface area (Å²) in [7, 11) is -2.05. The molecule has 0 saturated carbocycles. The number of nitrogens with zero attached hydrogens (tertiary/aromatic N) is 3. The van der Waals surface area contributed by atoms with Crippen LogP contribution in [-0.4, -0.2) is 48.0 Å². The van der Waals surface area contributed by atoms with Gasteiger partial charge in [0, 0.05) is 12.6 Å². The lowest BCUT2D eigenvalue weighted by Gasteiger charge is -2.24. The summed E-state index contributed by atoms with van der Waals surface area (Å²) in [5, 5.41) is 2.72. The van der Waals surface area contributed by atoms with Crippen LogP contribution in [0.3, 0.4) is 0 Å². The molecule has 1 aromatic carbocycles. The zero-order chi connectivity index (χ0) is 17.4. The molecule has 1 aromatic heterocycles. The monoisotopic (exact) mass is 338 g/mol. The lowest BCUT2D eigenvalue weighted by atomic mass is 10.1. The molecule has 126 valence electrons. The Morgan fingerprint density at radius 2 is 1.91 bits per heavy atom. The van der Waals surface area contributed by atoms with E-state index in [0.717, 1.165) is 21.6 Å². The van der Waals surface area contributed by atoms with E-state index in [4.69, 9.17) is 0 Å². The number of sulfonamides is 1. The largest absolute Gasteiger partial charge is 0.305 e. The second-order valence-corrected chi connectivity index (χ2v) is 8.59. The minimum atomic E-state index is -3.41. The first kappa shape index (κ1) is 17.4. The van der Waals surface area contributed by atoms with Crippen molar-refractivity contribution in [1.82, 2.24) is 13.9 Å². The molecule has 0 fully saturated rings. The Balaban J connectivity index is 2.35. The van der Waals surface area contributed by atoms with Crippen molar-refractivity contribution in [3.8, 4) is 0 Å². The number of anilines is 1. The van der Waals surface area contributed by atoms with Gasteiger partial charge in [-0.05, 0) is 32.9 Å². The van der Waals surface area contributed by atoms with Gasteiger partial charge in [0.1, 0.15) is 0 Å². The predicted molar refractivity (Wildman–Crippen MR) is 90.8 cm³/mol. The Kier molecular flexibility index (Phi) is 4.50. The third-order valence-corrected chi connectivity index (χ3v) is 4.68. The number of fused-ring (bicyclic) bond motifs is 1.